The normalized spacial score (nSPS) is 16.9. The number of benzene rings is 1. The van der Waals surface area contributed by atoms with Crippen LogP contribution in [0, 0.1) is 0 Å². The van der Waals surface area contributed by atoms with Crippen LogP contribution in [-0.4, -0.2) is 44.5 Å². The van der Waals surface area contributed by atoms with Gasteiger partial charge in [-0.15, -0.1) is 0 Å². The number of pyridine rings is 1. The number of thiazole rings is 1. The van der Waals surface area contributed by atoms with E-state index in [4.69, 9.17) is 11.6 Å². The van der Waals surface area contributed by atoms with Crippen LogP contribution in [-0.2, 0) is 6.54 Å². The van der Waals surface area contributed by atoms with Gasteiger partial charge < -0.3 is 5.32 Å². The van der Waals surface area contributed by atoms with Crippen molar-refractivity contribution < 1.29 is 4.79 Å². The number of carbonyl (C=O) groups excluding carboxylic acids is 1. The lowest BCUT2D eigenvalue weighted by molar-refractivity contribution is 0.0937. The molecule has 1 aliphatic heterocycles. The number of halogens is 1. The van der Waals surface area contributed by atoms with Crippen molar-refractivity contribution >= 4 is 34.4 Å². The molecule has 1 N–H and O–H groups in total. The first kappa shape index (κ1) is 19.2. The zero-order valence-electron chi connectivity index (χ0n) is 16.2. The molecule has 1 atom stereocenters. The van der Waals surface area contributed by atoms with Crippen molar-refractivity contribution in [3.8, 4) is 11.3 Å². The standard InChI is InChI=1S/C22H20ClN5OS/c23-20-19(17-12-24-28-10-5-4-8-18(17)28)26-22(30-20)21(29)25-16-9-11-27(14-16)13-15-6-2-1-3-7-15/h1-8,10,12,16H,9,11,13-14H2,(H,25,29)/t16-/m0/s1. The fourth-order valence-corrected chi connectivity index (χ4v) is 4.94. The van der Waals surface area contributed by atoms with Crippen LogP contribution in [0.15, 0.2) is 60.9 Å². The average Bonchev–Trinajstić information content (AvgIpc) is 3.47. The highest BCUT2D eigenvalue weighted by Gasteiger charge is 2.26. The smallest absolute Gasteiger partial charge is 0.280 e. The van der Waals surface area contributed by atoms with Gasteiger partial charge in [0.1, 0.15) is 10.0 Å². The molecule has 0 aliphatic carbocycles. The summed E-state index contributed by atoms with van der Waals surface area (Å²) in [5.41, 5.74) is 3.62. The van der Waals surface area contributed by atoms with Gasteiger partial charge in [0.2, 0.25) is 0 Å². The van der Waals surface area contributed by atoms with Crippen molar-refractivity contribution in [3.63, 3.8) is 0 Å². The third-order valence-corrected chi connectivity index (χ3v) is 6.57. The van der Waals surface area contributed by atoms with Crippen LogP contribution >= 0.6 is 22.9 Å². The summed E-state index contributed by atoms with van der Waals surface area (Å²) in [4.78, 5) is 19.7. The lowest BCUT2D eigenvalue weighted by atomic mass is 10.2. The monoisotopic (exact) mass is 437 g/mol. The Morgan fingerprint density at radius 1 is 1.20 bits per heavy atom. The van der Waals surface area contributed by atoms with Crippen LogP contribution in [0.2, 0.25) is 4.34 Å². The molecule has 30 heavy (non-hydrogen) atoms. The number of aromatic nitrogens is 3. The summed E-state index contributed by atoms with van der Waals surface area (Å²) in [6.07, 6.45) is 4.53. The highest BCUT2D eigenvalue weighted by atomic mass is 35.5. The van der Waals surface area contributed by atoms with Crippen LogP contribution in [0.5, 0.6) is 0 Å². The molecular weight excluding hydrogens is 418 g/mol. The van der Waals surface area contributed by atoms with Gasteiger partial charge in [0, 0.05) is 37.4 Å². The lowest BCUT2D eigenvalue weighted by Gasteiger charge is -2.16. The van der Waals surface area contributed by atoms with Crippen molar-refractivity contribution in [1.82, 2.24) is 24.8 Å². The van der Waals surface area contributed by atoms with E-state index in [-0.39, 0.29) is 11.9 Å². The average molecular weight is 438 g/mol. The number of amides is 1. The fourth-order valence-electron chi connectivity index (χ4n) is 3.86. The van der Waals surface area contributed by atoms with Crippen molar-refractivity contribution in [2.45, 2.75) is 19.0 Å². The predicted octanol–water partition coefficient (Wildman–Crippen LogP) is 4.12. The summed E-state index contributed by atoms with van der Waals surface area (Å²) in [5.74, 6) is -0.170. The van der Waals surface area contributed by atoms with E-state index in [1.54, 1.807) is 10.7 Å². The topological polar surface area (TPSA) is 62.5 Å². The maximum atomic E-state index is 12.8. The van der Waals surface area contributed by atoms with Crippen molar-refractivity contribution in [3.05, 3.63) is 75.8 Å². The molecule has 0 radical (unpaired) electrons. The Morgan fingerprint density at radius 2 is 2.03 bits per heavy atom. The van der Waals surface area contributed by atoms with Crippen molar-refractivity contribution in [2.24, 2.45) is 0 Å². The molecule has 0 saturated carbocycles. The highest BCUT2D eigenvalue weighted by Crippen LogP contribution is 2.34. The van der Waals surface area contributed by atoms with Gasteiger partial charge in [0.05, 0.1) is 11.7 Å². The van der Waals surface area contributed by atoms with Crippen LogP contribution in [0.1, 0.15) is 21.8 Å². The molecule has 3 aromatic heterocycles. The Balaban J connectivity index is 1.27. The Kier molecular flexibility index (Phi) is 5.25. The zero-order chi connectivity index (χ0) is 20.5. The predicted molar refractivity (Wildman–Crippen MR) is 119 cm³/mol. The van der Waals surface area contributed by atoms with E-state index in [1.807, 2.05) is 30.5 Å². The van der Waals surface area contributed by atoms with Gasteiger partial charge >= 0.3 is 0 Å². The third kappa shape index (κ3) is 3.84. The van der Waals surface area contributed by atoms with E-state index < -0.39 is 0 Å². The maximum absolute atomic E-state index is 12.8. The van der Waals surface area contributed by atoms with Gasteiger partial charge in [-0.1, -0.05) is 59.3 Å². The highest BCUT2D eigenvalue weighted by molar-refractivity contribution is 7.18. The number of rotatable bonds is 5. The minimum atomic E-state index is -0.170. The Labute approximate surface area is 183 Å². The molecule has 1 fully saturated rings. The Bertz CT molecular complexity index is 1190. The molecule has 1 amide bonds. The van der Waals surface area contributed by atoms with Gasteiger partial charge in [-0.25, -0.2) is 9.50 Å². The molecule has 6 nitrogen and oxygen atoms in total. The van der Waals surface area contributed by atoms with Crippen molar-refractivity contribution in [1.29, 1.82) is 0 Å². The summed E-state index contributed by atoms with van der Waals surface area (Å²) in [6.45, 7) is 2.70. The molecule has 152 valence electrons. The molecule has 4 heterocycles. The van der Waals surface area contributed by atoms with Crippen LogP contribution in [0.25, 0.3) is 16.8 Å². The largest absolute Gasteiger partial charge is 0.346 e. The first-order chi connectivity index (χ1) is 14.7. The maximum Gasteiger partial charge on any atom is 0.280 e. The van der Waals surface area contributed by atoms with Crippen LogP contribution in [0.4, 0.5) is 0 Å². The summed E-state index contributed by atoms with van der Waals surface area (Å²) in [5, 5.41) is 7.84. The van der Waals surface area contributed by atoms with Gasteiger partial charge in [0.15, 0.2) is 5.01 Å². The summed E-state index contributed by atoms with van der Waals surface area (Å²) >= 11 is 7.65. The number of nitrogens with one attached hydrogen (secondary N) is 1. The second-order valence-electron chi connectivity index (χ2n) is 7.41. The number of hydrogen-bond acceptors (Lipinski definition) is 5. The quantitative estimate of drug-likeness (QED) is 0.510. The van der Waals surface area contributed by atoms with Gasteiger partial charge in [0.25, 0.3) is 5.91 Å². The molecule has 0 unspecified atom stereocenters. The molecule has 1 aromatic carbocycles. The second-order valence-corrected chi connectivity index (χ2v) is 9.01. The minimum Gasteiger partial charge on any atom is -0.346 e. The number of hydrogen-bond donors (Lipinski definition) is 1. The molecule has 1 aliphatic rings. The molecular formula is C22H20ClN5OS. The fraction of sp³-hybridized carbons (Fsp3) is 0.227. The van der Waals surface area contributed by atoms with E-state index in [0.717, 1.165) is 37.1 Å². The van der Waals surface area contributed by atoms with Crippen LogP contribution < -0.4 is 5.32 Å². The first-order valence-corrected chi connectivity index (χ1v) is 11.0. The molecule has 0 spiro atoms. The molecule has 0 bridgehead atoms. The summed E-state index contributed by atoms with van der Waals surface area (Å²) in [7, 11) is 0. The van der Waals surface area contributed by atoms with Crippen molar-refractivity contribution in [2.75, 3.05) is 13.1 Å². The lowest BCUT2D eigenvalue weighted by Crippen LogP contribution is -2.36. The number of nitrogens with zero attached hydrogens (tertiary/aromatic N) is 4. The van der Waals surface area contributed by atoms with Gasteiger partial charge in [-0.2, -0.15) is 5.10 Å². The molecule has 8 heteroatoms. The second kappa shape index (κ2) is 8.18. The molecule has 4 aromatic rings. The van der Waals surface area contributed by atoms with E-state index in [2.05, 4.69) is 44.6 Å². The van der Waals surface area contributed by atoms with Gasteiger partial charge in [-0.05, 0) is 24.1 Å². The van der Waals surface area contributed by atoms with Gasteiger partial charge in [-0.3, -0.25) is 9.69 Å². The first-order valence-electron chi connectivity index (χ1n) is 9.83. The Hall–Kier alpha value is -2.74. The SMILES string of the molecule is O=C(N[C@H]1CCN(Cc2ccccc2)C1)c1nc(-c2cnn3ccccc23)c(Cl)s1. The summed E-state index contributed by atoms with van der Waals surface area (Å²) < 4.78 is 2.26. The van der Waals surface area contributed by atoms with E-state index in [1.165, 1.54) is 16.9 Å². The summed E-state index contributed by atoms with van der Waals surface area (Å²) in [6, 6.07) is 16.3. The van der Waals surface area contributed by atoms with E-state index in [9.17, 15) is 4.79 Å². The zero-order valence-corrected chi connectivity index (χ0v) is 17.7. The van der Waals surface area contributed by atoms with E-state index in [0.29, 0.717) is 15.0 Å². The van der Waals surface area contributed by atoms with Crippen LogP contribution in [0.3, 0.4) is 0 Å². The molecule has 5 rings (SSSR count). The molecule has 1 saturated heterocycles. The third-order valence-electron chi connectivity index (χ3n) is 5.32. The Morgan fingerprint density at radius 3 is 2.90 bits per heavy atom. The minimum absolute atomic E-state index is 0.115. The number of fused-ring (bicyclic) bond motifs is 1. The number of carbonyl (C=O) groups is 1. The van der Waals surface area contributed by atoms with E-state index >= 15 is 0 Å². The number of likely N-dealkylation sites (tertiary alicyclic amines) is 1.